The molecule has 0 amide bonds. The van der Waals surface area contributed by atoms with E-state index in [1.807, 2.05) is 31.4 Å². The molecule has 0 saturated carbocycles. The van der Waals surface area contributed by atoms with E-state index < -0.39 is 17.2 Å². The molecule has 31 heavy (non-hydrogen) atoms. The van der Waals surface area contributed by atoms with Gasteiger partial charge >= 0.3 is 11.7 Å². The van der Waals surface area contributed by atoms with Crippen molar-refractivity contribution in [1.29, 1.82) is 0 Å². The zero-order chi connectivity index (χ0) is 22.3. The van der Waals surface area contributed by atoms with Crippen LogP contribution in [-0.4, -0.2) is 29.9 Å². The second-order valence-corrected chi connectivity index (χ2v) is 8.35. The zero-order valence-electron chi connectivity index (χ0n) is 17.5. The highest BCUT2D eigenvalue weighted by Gasteiger charge is 2.20. The lowest BCUT2D eigenvalue weighted by Gasteiger charge is -2.12. The van der Waals surface area contributed by atoms with Gasteiger partial charge in [0.05, 0.1) is 33.4 Å². The Morgan fingerprint density at radius 2 is 1.97 bits per heavy atom. The fraction of sp³-hybridized carbons (Fsp3) is 0.286. The first kappa shape index (κ1) is 20.7. The average molecular weight is 439 g/mol. The van der Waals surface area contributed by atoms with Crippen LogP contribution in [0.4, 0.5) is 0 Å². The van der Waals surface area contributed by atoms with Crippen LogP contribution in [-0.2, 0) is 25.4 Å². The van der Waals surface area contributed by atoms with Crippen molar-refractivity contribution in [2.24, 2.45) is 14.1 Å². The third-order valence-corrected chi connectivity index (χ3v) is 5.92. The molecule has 160 valence electrons. The number of pyridine rings is 1. The third-order valence-electron chi connectivity index (χ3n) is 5.03. The van der Waals surface area contributed by atoms with Gasteiger partial charge in [0, 0.05) is 26.2 Å². The van der Waals surface area contributed by atoms with Crippen molar-refractivity contribution in [3.05, 3.63) is 67.9 Å². The molecule has 0 aliphatic rings. The van der Waals surface area contributed by atoms with Gasteiger partial charge in [-0.15, -0.1) is 11.3 Å². The number of carbonyl (C=O) groups is 1. The van der Waals surface area contributed by atoms with Gasteiger partial charge in [-0.1, -0.05) is 6.07 Å². The Morgan fingerprint density at radius 1 is 1.19 bits per heavy atom. The molecule has 4 aromatic rings. The maximum Gasteiger partial charge on any atom is 0.339 e. The summed E-state index contributed by atoms with van der Waals surface area (Å²) in [4.78, 5) is 42.7. The van der Waals surface area contributed by atoms with Crippen LogP contribution in [0.3, 0.4) is 0 Å². The standard InChI is InChI=1S/C21H21N5O4S/c1-12(2)26-19-15(10-22-26)14(9-16(23-19)17-6-5-7-31-17)20(28)30-11-13-8-18(27)25(4)21(29)24(13)3/h5-10,12H,11H2,1-4H3. The molecule has 0 unspecified atom stereocenters. The van der Waals surface area contributed by atoms with Crippen molar-refractivity contribution in [3.63, 3.8) is 0 Å². The van der Waals surface area contributed by atoms with E-state index in [9.17, 15) is 14.4 Å². The molecular weight excluding hydrogens is 418 g/mol. The molecule has 0 aromatic carbocycles. The summed E-state index contributed by atoms with van der Waals surface area (Å²) in [7, 11) is 2.92. The normalized spacial score (nSPS) is 11.4. The second-order valence-electron chi connectivity index (χ2n) is 7.40. The number of thiophene rings is 1. The molecule has 9 nitrogen and oxygen atoms in total. The lowest BCUT2D eigenvalue weighted by atomic mass is 10.1. The maximum absolute atomic E-state index is 13.0. The Morgan fingerprint density at radius 3 is 2.65 bits per heavy atom. The van der Waals surface area contributed by atoms with Crippen LogP contribution in [0, 0.1) is 0 Å². The van der Waals surface area contributed by atoms with Gasteiger partial charge in [-0.25, -0.2) is 19.3 Å². The number of aromatic nitrogens is 5. The number of carbonyl (C=O) groups excluding carboxylic acids is 1. The number of fused-ring (bicyclic) bond motifs is 1. The summed E-state index contributed by atoms with van der Waals surface area (Å²) in [6, 6.07) is 6.87. The van der Waals surface area contributed by atoms with E-state index in [1.165, 1.54) is 36.1 Å². The van der Waals surface area contributed by atoms with E-state index in [2.05, 4.69) is 5.10 Å². The van der Waals surface area contributed by atoms with Crippen molar-refractivity contribution in [1.82, 2.24) is 23.9 Å². The summed E-state index contributed by atoms with van der Waals surface area (Å²) in [6.45, 7) is 3.76. The van der Waals surface area contributed by atoms with Crippen LogP contribution in [0.5, 0.6) is 0 Å². The van der Waals surface area contributed by atoms with Crippen LogP contribution in [0.1, 0.15) is 35.9 Å². The summed E-state index contributed by atoms with van der Waals surface area (Å²) in [5, 5.41) is 6.91. The third kappa shape index (κ3) is 3.70. The van der Waals surface area contributed by atoms with E-state index in [-0.39, 0.29) is 12.6 Å². The number of ether oxygens (including phenoxy) is 1. The average Bonchev–Trinajstić information content (AvgIpc) is 3.42. The van der Waals surface area contributed by atoms with Crippen molar-refractivity contribution in [2.45, 2.75) is 26.5 Å². The van der Waals surface area contributed by atoms with Crippen LogP contribution in [0.2, 0.25) is 0 Å². The SMILES string of the molecule is CC(C)n1ncc2c(C(=O)OCc3cc(=O)n(C)c(=O)n3C)cc(-c3cccs3)nc21. The molecule has 0 atom stereocenters. The fourth-order valence-corrected chi connectivity index (χ4v) is 3.94. The van der Waals surface area contributed by atoms with Crippen molar-refractivity contribution >= 4 is 28.3 Å². The molecular formula is C21H21N5O4S. The molecule has 0 aliphatic carbocycles. The van der Waals surface area contributed by atoms with E-state index in [0.717, 1.165) is 9.44 Å². The maximum atomic E-state index is 13.0. The minimum Gasteiger partial charge on any atom is -0.456 e. The molecule has 0 spiro atoms. The molecule has 0 fully saturated rings. The fourth-order valence-electron chi connectivity index (χ4n) is 3.25. The monoisotopic (exact) mass is 439 g/mol. The van der Waals surface area contributed by atoms with Gasteiger partial charge in [-0.3, -0.25) is 13.9 Å². The molecule has 4 heterocycles. The van der Waals surface area contributed by atoms with E-state index >= 15 is 0 Å². The minimum absolute atomic E-state index is 0.0579. The number of nitrogens with zero attached hydrogens (tertiary/aromatic N) is 5. The van der Waals surface area contributed by atoms with Crippen LogP contribution in [0.15, 0.2) is 45.4 Å². The first-order valence-electron chi connectivity index (χ1n) is 9.63. The van der Waals surface area contributed by atoms with Gasteiger partial charge in [0.1, 0.15) is 6.61 Å². The van der Waals surface area contributed by atoms with Crippen molar-refractivity contribution < 1.29 is 9.53 Å². The summed E-state index contributed by atoms with van der Waals surface area (Å²) in [6.07, 6.45) is 1.60. The molecule has 10 heteroatoms. The van der Waals surface area contributed by atoms with Gasteiger partial charge in [0.15, 0.2) is 5.65 Å². The minimum atomic E-state index is -0.582. The van der Waals surface area contributed by atoms with Crippen molar-refractivity contribution in [2.75, 3.05) is 0 Å². The number of rotatable bonds is 5. The predicted octanol–water partition coefficient (Wildman–Crippen LogP) is 2.50. The number of hydrogen-bond donors (Lipinski definition) is 0. The molecule has 0 N–H and O–H groups in total. The van der Waals surface area contributed by atoms with Crippen LogP contribution in [0.25, 0.3) is 21.6 Å². The zero-order valence-corrected chi connectivity index (χ0v) is 18.3. The van der Waals surface area contributed by atoms with Crippen LogP contribution < -0.4 is 11.2 Å². The Kier molecular flexibility index (Phi) is 5.32. The Labute approximate surface area is 181 Å². The topological polar surface area (TPSA) is 101 Å². The Hall–Kier alpha value is -3.53. The van der Waals surface area contributed by atoms with Crippen molar-refractivity contribution in [3.8, 4) is 10.6 Å². The first-order valence-corrected chi connectivity index (χ1v) is 10.5. The summed E-state index contributed by atoms with van der Waals surface area (Å²) >= 11 is 1.52. The van der Waals surface area contributed by atoms with Gasteiger partial charge in [-0.2, -0.15) is 5.10 Å². The summed E-state index contributed by atoms with van der Waals surface area (Å²) in [5.41, 5.74) is 0.936. The van der Waals surface area contributed by atoms with Crippen LogP contribution >= 0.6 is 11.3 Å². The highest BCUT2D eigenvalue weighted by atomic mass is 32.1. The number of hydrogen-bond acceptors (Lipinski definition) is 7. The lowest BCUT2D eigenvalue weighted by Crippen LogP contribution is -2.38. The van der Waals surface area contributed by atoms with E-state index in [0.29, 0.717) is 28.0 Å². The summed E-state index contributed by atoms with van der Waals surface area (Å²) in [5.74, 6) is -0.582. The Bertz CT molecular complexity index is 1400. The molecule has 0 saturated heterocycles. The Balaban J connectivity index is 1.74. The molecule has 0 bridgehead atoms. The highest BCUT2D eigenvalue weighted by molar-refractivity contribution is 7.13. The van der Waals surface area contributed by atoms with Gasteiger partial charge in [-0.05, 0) is 31.4 Å². The largest absolute Gasteiger partial charge is 0.456 e. The second kappa shape index (κ2) is 7.95. The first-order chi connectivity index (χ1) is 14.8. The highest BCUT2D eigenvalue weighted by Crippen LogP contribution is 2.29. The number of esters is 1. The van der Waals surface area contributed by atoms with Gasteiger partial charge in [0.25, 0.3) is 5.56 Å². The van der Waals surface area contributed by atoms with E-state index in [1.54, 1.807) is 16.9 Å². The molecule has 0 aliphatic heterocycles. The lowest BCUT2D eigenvalue weighted by molar-refractivity contribution is 0.0465. The summed E-state index contributed by atoms with van der Waals surface area (Å²) < 4.78 is 9.52. The van der Waals surface area contributed by atoms with E-state index in [4.69, 9.17) is 9.72 Å². The molecule has 4 rings (SSSR count). The molecule has 4 aromatic heterocycles. The van der Waals surface area contributed by atoms with Gasteiger partial charge < -0.3 is 4.74 Å². The predicted molar refractivity (Wildman–Crippen MR) is 117 cm³/mol. The molecule has 0 radical (unpaired) electrons. The van der Waals surface area contributed by atoms with Gasteiger partial charge in [0.2, 0.25) is 0 Å². The quantitative estimate of drug-likeness (QED) is 0.443. The smallest absolute Gasteiger partial charge is 0.339 e.